The molecule has 0 aromatic carbocycles. The average Bonchev–Trinajstić information content (AvgIpc) is 2.79. The Balaban J connectivity index is 1.95. The van der Waals surface area contributed by atoms with Crippen LogP contribution in [0.5, 0.6) is 0 Å². The molecule has 0 radical (unpaired) electrons. The molecule has 17 heavy (non-hydrogen) atoms. The summed E-state index contributed by atoms with van der Waals surface area (Å²) in [6.07, 6.45) is 0. The lowest BCUT2D eigenvalue weighted by molar-refractivity contribution is 0.234. The lowest BCUT2D eigenvalue weighted by Gasteiger charge is -2.37. The van der Waals surface area contributed by atoms with Crippen molar-refractivity contribution in [3.8, 4) is 0 Å². The summed E-state index contributed by atoms with van der Waals surface area (Å²) in [6, 6.07) is 0.616. The molecule has 1 unspecified atom stereocenters. The van der Waals surface area contributed by atoms with Gasteiger partial charge in [0.25, 0.3) is 0 Å². The molecule has 96 valence electrons. The fourth-order valence-electron chi connectivity index (χ4n) is 2.00. The highest BCUT2D eigenvalue weighted by molar-refractivity contribution is 7.13. The summed E-state index contributed by atoms with van der Waals surface area (Å²) < 4.78 is 0. The first-order valence-electron chi connectivity index (χ1n) is 6.31. The number of anilines is 1. The quantitative estimate of drug-likeness (QED) is 0.880. The number of nitrogens with zero attached hydrogens (tertiary/aromatic N) is 3. The van der Waals surface area contributed by atoms with Gasteiger partial charge in [0.2, 0.25) is 0 Å². The second kappa shape index (κ2) is 5.80. The predicted octanol–water partition coefficient (Wildman–Crippen LogP) is 1.39. The number of hydrogen-bond donors (Lipinski definition) is 1. The van der Waals surface area contributed by atoms with Crippen molar-refractivity contribution < 1.29 is 0 Å². The molecule has 2 heterocycles. The van der Waals surface area contributed by atoms with E-state index in [1.165, 1.54) is 10.8 Å². The summed E-state index contributed by atoms with van der Waals surface area (Å²) in [4.78, 5) is 9.51. The van der Waals surface area contributed by atoms with Crippen molar-refractivity contribution in [3.05, 3.63) is 11.1 Å². The Morgan fingerprint density at radius 2 is 2.35 bits per heavy atom. The van der Waals surface area contributed by atoms with Crippen LogP contribution < -0.4 is 10.2 Å². The van der Waals surface area contributed by atoms with Crippen LogP contribution in [0.2, 0.25) is 0 Å². The van der Waals surface area contributed by atoms with Crippen LogP contribution in [0.25, 0.3) is 0 Å². The number of aromatic nitrogens is 1. The number of piperazine rings is 1. The predicted molar refractivity (Wildman–Crippen MR) is 73.8 cm³/mol. The van der Waals surface area contributed by atoms with E-state index in [1.807, 2.05) is 0 Å². The molecule has 0 spiro atoms. The Morgan fingerprint density at radius 3 is 3.06 bits per heavy atom. The largest absolute Gasteiger partial charge is 0.345 e. The van der Waals surface area contributed by atoms with Crippen molar-refractivity contribution in [2.24, 2.45) is 0 Å². The maximum absolute atomic E-state index is 4.69. The molecule has 1 aliphatic rings. The van der Waals surface area contributed by atoms with E-state index in [0.29, 0.717) is 6.04 Å². The van der Waals surface area contributed by atoms with Gasteiger partial charge in [-0.25, -0.2) is 4.98 Å². The first kappa shape index (κ1) is 12.8. The minimum absolute atomic E-state index is 0.616. The van der Waals surface area contributed by atoms with Gasteiger partial charge in [-0.2, -0.15) is 0 Å². The second-order valence-electron chi connectivity index (χ2n) is 4.68. The van der Waals surface area contributed by atoms with Crippen LogP contribution in [0.4, 0.5) is 5.13 Å². The van der Waals surface area contributed by atoms with Crippen molar-refractivity contribution in [1.29, 1.82) is 0 Å². The van der Waals surface area contributed by atoms with Crippen LogP contribution in [0.1, 0.15) is 19.5 Å². The van der Waals surface area contributed by atoms with Crippen molar-refractivity contribution in [2.75, 3.05) is 38.1 Å². The van der Waals surface area contributed by atoms with Crippen LogP contribution in [0, 0.1) is 0 Å². The molecule has 1 aromatic heterocycles. The highest BCUT2D eigenvalue weighted by Crippen LogP contribution is 2.23. The van der Waals surface area contributed by atoms with Gasteiger partial charge < -0.3 is 15.1 Å². The molecule has 0 aliphatic carbocycles. The van der Waals surface area contributed by atoms with E-state index >= 15 is 0 Å². The Kier molecular flexibility index (Phi) is 4.36. The summed E-state index contributed by atoms with van der Waals surface area (Å²) in [5.41, 5.74) is 1.17. The minimum atomic E-state index is 0.616. The first-order chi connectivity index (χ1) is 8.20. The molecule has 0 amide bonds. The number of hydrogen-bond acceptors (Lipinski definition) is 5. The second-order valence-corrected chi connectivity index (χ2v) is 5.51. The van der Waals surface area contributed by atoms with Crippen LogP contribution in [-0.4, -0.2) is 49.2 Å². The van der Waals surface area contributed by atoms with Crippen molar-refractivity contribution in [3.63, 3.8) is 0 Å². The minimum Gasteiger partial charge on any atom is -0.345 e. The van der Waals surface area contributed by atoms with Crippen LogP contribution in [0.15, 0.2) is 5.38 Å². The van der Waals surface area contributed by atoms with Gasteiger partial charge in [0.05, 0.1) is 5.69 Å². The van der Waals surface area contributed by atoms with Crippen LogP contribution >= 0.6 is 11.3 Å². The molecule has 1 aromatic rings. The van der Waals surface area contributed by atoms with Crippen molar-refractivity contribution in [1.82, 2.24) is 15.2 Å². The number of nitrogens with one attached hydrogen (secondary N) is 1. The molecular weight excluding hydrogens is 232 g/mol. The third kappa shape index (κ3) is 3.18. The Morgan fingerprint density at radius 1 is 1.53 bits per heavy atom. The number of likely N-dealkylation sites (N-methyl/N-ethyl adjacent to an activating group) is 1. The summed E-state index contributed by atoms with van der Waals surface area (Å²) in [7, 11) is 2.19. The molecule has 0 bridgehead atoms. The third-order valence-corrected chi connectivity index (χ3v) is 4.28. The van der Waals surface area contributed by atoms with E-state index in [9.17, 15) is 0 Å². The van der Waals surface area contributed by atoms with Crippen LogP contribution in [0.3, 0.4) is 0 Å². The Labute approximate surface area is 108 Å². The molecule has 2 rings (SSSR count). The monoisotopic (exact) mass is 254 g/mol. The van der Waals surface area contributed by atoms with E-state index in [0.717, 1.165) is 32.7 Å². The number of rotatable bonds is 4. The van der Waals surface area contributed by atoms with Gasteiger partial charge in [0.15, 0.2) is 5.13 Å². The smallest absolute Gasteiger partial charge is 0.185 e. The third-order valence-electron chi connectivity index (χ3n) is 3.33. The fourth-order valence-corrected chi connectivity index (χ4v) is 2.86. The zero-order chi connectivity index (χ0) is 12.3. The lowest BCUT2D eigenvalue weighted by Crippen LogP contribution is -2.50. The molecule has 1 atom stereocenters. The molecule has 5 heteroatoms. The fraction of sp³-hybridized carbons (Fsp3) is 0.750. The summed E-state index contributed by atoms with van der Waals surface area (Å²) in [5.74, 6) is 0. The van der Waals surface area contributed by atoms with E-state index in [4.69, 9.17) is 4.98 Å². The van der Waals surface area contributed by atoms with Crippen molar-refractivity contribution in [2.45, 2.75) is 26.4 Å². The molecule has 1 fully saturated rings. The normalized spacial score (nSPS) is 22.1. The van der Waals surface area contributed by atoms with Gasteiger partial charge in [0, 0.05) is 37.6 Å². The maximum Gasteiger partial charge on any atom is 0.185 e. The highest BCUT2D eigenvalue weighted by Gasteiger charge is 2.22. The average molecular weight is 254 g/mol. The number of thiazole rings is 1. The van der Waals surface area contributed by atoms with Gasteiger partial charge in [-0.1, -0.05) is 6.92 Å². The SMILES string of the molecule is CCNCc1csc(N2CCN(C)C(C)C2)n1. The van der Waals surface area contributed by atoms with Gasteiger partial charge in [-0.15, -0.1) is 11.3 Å². The van der Waals surface area contributed by atoms with E-state index in [1.54, 1.807) is 11.3 Å². The van der Waals surface area contributed by atoms with Crippen LogP contribution in [-0.2, 0) is 6.54 Å². The molecule has 4 nitrogen and oxygen atoms in total. The Hall–Kier alpha value is -0.650. The van der Waals surface area contributed by atoms with Gasteiger partial charge in [-0.05, 0) is 20.5 Å². The van der Waals surface area contributed by atoms with E-state index < -0.39 is 0 Å². The summed E-state index contributed by atoms with van der Waals surface area (Å²) >= 11 is 1.77. The lowest BCUT2D eigenvalue weighted by atomic mass is 10.2. The molecule has 0 saturated carbocycles. The summed E-state index contributed by atoms with van der Waals surface area (Å²) in [6.45, 7) is 9.59. The zero-order valence-corrected chi connectivity index (χ0v) is 11.8. The van der Waals surface area contributed by atoms with Gasteiger partial charge in [-0.3, -0.25) is 0 Å². The molecular formula is C12H22N4S. The van der Waals surface area contributed by atoms with Gasteiger partial charge >= 0.3 is 0 Å². The van der Waals surface area contributed by atoms with E-state index in [-0.39, 0.29) is 0 Å². The molecule has 1 aliphatic heterocycles. The summed E-state index contributed by atoms with van der Waals surface area (Å²) in [5, 5.41) is 6.66. The first-order valence-corrected chi connectivity index (χ1v) is 7.19. The maximum atomic E-state index is 4.69. The topological polar surface area (TPSA) is 31.4 Å². The standard InChI is InChI=1S/C12H22N4S/c1-4-13-7-11-9-17-12(14-11)16-6-5-15(3)10(2)8-16/h9-10,13H,4-8H2,1-3H3. The molecule has 1 N–H and O–H groups in total. The van der Waals surface area contributed by atoms with Crippen molar-refractivity contribution >= 4 is 16.5 Å². The van der Waals surface area contributed by atoms with E-state index in [2.05, 4.69) is 41.4 Å². The van der Waals surface area contributed by atoms with Gasteiger partial charge in [0.1, 0.15) is 0 Å². The highest BCUT2D eigenvalue weighted by atomic mass is 32.1. The zero-order valence-electron chi connectivity index (χ0n) is 10.9. The molecule has 1 saturated heterocycles. The Bertz CT molecular complexity index is 352.